The van der Waals surface area contributed by atoms with Crippen LogP contribution in [0.25, 0.3) is 0 Å². The summed E-state index contributed by atoms with van der Waals surface area (Å²) in [6.45, 7) is 2.58. The summed E-state index contributed by atoms with van der Waals surface area (Å²) in [6, 6.07) is 6.07. The Morgan fingerprint density at radius 2 is 2.17 bits per heavy atom. The lowest BCUT2D eigenvalue weighted by molar-refractivity contribution is -0.120. The van der Waals surface area contributed by atoms with E-state index < -0.39 is 0 Å². The van der Waals surface area contributed by atoms with Gasteiger partial charge in [0.1, 0.15) is 5.82 Å². The van der Waals surface area contributed by atoms with E-state index >= 15 is 0 Å². The molecule has 0 aliphatic carbocycles. The molecular weight excluding hydrogens is 311 g/mol. The van der Waals surface area contributed by atoms with E-state index in [1.54, 1.807) is 19.2 Å². The SMILES string of the molecule is CN=C(NCCNC(=O)Cc1cccc(F)c1)NCC1CCCO1. The Labute approximate surface area is 141 Å². The maximum atomic E-state index is 13.1. The van der Waals surface area contributed by atoms with Crippen molar-refractivity contribution in [2.45, 2.75) is 25.4 Å². The van der Waals surface area contributed by atoms with E-state index in [2.05, 4.69) is 20.9 Å². The lowest BCUT2D eigenvalue weighted by Gasteiger charge is -2.15. The molecule has 1 aromatic rings. The predicted octanol–water partition coefficient (Wildman–Crippen LogP) is 0.828. The average molecular weight is 336 g/mol. The van der Waals surface area contributed by atoms with Gasteiger partial charge in [0.05, 0.1) is 12.5 Å². The Morgan fingerprint density at radius 1 is 1.33 bits per heavy atom. The summed E-state index contributed by atoms with van der Waals surface area (Å²) in [6.07, 6.45) is 2.59. The van der Waals surface area contributed by atoms with Crippen LogP contribution in [0.5, 0.6) is 0 Å². The van der Waals surface area contributed by atoms with Crippen molar-refractivity contribution in [1.29, 1.82) is 0 Å². The molecule has 1 fully saturated rings. The van der Waals surface area contributed by atoms with E-state index in [-0.39, 0.29) is 24.2 Å². The first-order valence-corrected chi connectivity index (χ1v) is 8.24. The molecular formula is C17H25FN4O2. The fourth-order valence-electron chi connectivity index (χ4n) is 2.51. The molecule has 1 atom stereocenters. The van der Waals surface area contributed by atoms with Gasteiger partial charge in [0.2, 0.25) is 5.91 Å². The second kappa shape index (κ2) is 9.87. The number of halogens is 1. The molecule has 24 heavy (non-hydrogen) atoms. The van der Waals surface area contributed by atoms with Crippen molar-refractivity contribution in [2.24, 2.45) is 4.99 Å². The zero-order valence-electron chi connectivity index (χ0n) is 14.0. The van der Waals surface area contributed by atoms with E-state index in [1.807, 2.05) is 0 Å². The third-order valence-corrected chi connectivity index (χ3v) is 3.74. The molecule has 3 N–H and O–H groups in total. The van der Waals surface area contributed by atoms with Crippen molar-refractivity contribution in [2.75, 3.05) is 33.3 Å². The minimum Gasteiger partial charge on any atom is -0.376 e. The van der Waals surface area contributed by atoms with Crippen LogP contribution in [0.3, 0.4) is 0 Å². The number of hydrogen-bond acceptors (Lipinski definition) is 3. The molecule has 132 valence electrons. The predicted molar refractivity (Wildman–Crippen MR) is 91.5 cm³/mol. The van der Waals surface area contributed by atoms with Crippen LogP contribution >= 0.6 is 0 Å². The van der Waals surface area contributed by atoms with E-state index in [9.17, 15) is 9.18 Å². The molecule has 0 saturated carbocycles. The first kappa shape index (κ1) is 18.2. The summed E-state index contributed by atoms with van der Waals surface area (Å²) in [5.74, 6) is 0.220. The lowest BCUT2D eigenvalue weighted by Crippen LogP contribution is -2.44. The van der Waals surface area contributed by atoms with Gasteiger partial charge in [-0.15, -0.1) is 0 Å². The first-order valence-electron chi connectivity index (χ1n) is 8.24. The maximum Gasteiger partial charge on any atom is 0.224 e. The molecule has 1 unspecified atom stereocenters. The normalized spacial score (nSPS) is 17.6. The van der Waals surface area contributed by atoms with Gasteiger partial charge in [-0.1, -0.05) is 12.1 Å². The Morgan fingerprint density at radius 3 is 2.88 bits per heavy atom. The zero-order chi connectivity index (χ0) is 17.2. The number of aliphatic imine (C=N–C) groups is 1. The van der Waals surface area contributed by atoms with Crippen molar-refractivity contribution >= 4 is 11.9 Å². The van der Waals surface area contributed by atoms with Gasteiger partial charge in [-0.3, -0.25) is 9.79 Å². The van der Waals surface area contributed by atoms with Crippen LogP contribution in [0.2, 0.25) is 0 Å². The third kappa shape index (κ3) is 6.54. The number of guanidine groups is 1. The maximum absolute atomic E-state index is 13.1. The average Bonchev–Trinajstić information content (AvgIpc) is 3.07. The van der Waals surface area contributed by atoms with Gasteiger partial charge in [-0.2, -0.15) is 0 Å². The minimum atomic E-state index is -0.330. The Kier molecular flexibility index (Phi) is 7.48. The molecule has 2 rings (SSSR count). The molecule has 1 saturated heterocycles. The number of benzene rings is 1. The number of carbonyl (C=O) groups excluding carboxylic acids is 1. The topological polar surface area (TPSA) is 74.8 Å². The molecule has 1 heterocycles. The van der Waals surface area contributed by atoms with Crippen LogP contribution < -0.4 is 16.0 Å². The molecule has 0 radical (unpaired) electrons. The smallest absolute Gasteiger partial charge is 0.224 e. The van der Waals surface area contributed by atoms with Crippen LogP contribution in [0, 0.1) is 5.82 Å². The Balaban J connectivity index is 1.59. The summed E-state index contributed by atoms with van der Waals surface area (Å²) in [4.78, 5) is 15.9. The van der Waals surface area contributed by atoms with E-state index in [0.29, 0.717) is 24.6 Å². The molecule has 6 nitrogen and oxygen atoms in total. The number of rotatable bonds is 7. The van der Waals surface area contributed by atoms with Crippen molar-refractivity contribution in [1.82, 2.24) is 16.0 Å². The molecule has 0 bridgehead atoms. The van der Waals surface area contributed by atoms with Crippen LogP contribution in [0.4, 0.5) is 4.39 Å². The number of carbonyl (C=O) groups is 1. The minimum absolute atomic E-state index is 0.135. The standard InChI is InChI=1S/C17H25FN4O2/c1-19-17(22-12-15-6-3-9-24-15)21-8-7-20-16(23)11-13-4-2-5-14(18)10-13/h2,4-5,10,15H,3,6-9,11-12H2,1H3,(H,20,23)(H2,19,21,22). The first-order chi connectivity index (χ1) is 11.7. The van der Waals surface area contributed by atoms with Gasteiger partial charge in [0.15, 0.2) is 5.96 Å². The van der Waals surface area contributed by atoms with Gasteiger partial charge >= 0.3 is 0 Å². The van der Waals surface area contributed by atoms with Gasteiger partial charge in [-0.05, 0) is 30.5 Å². The monoisotopic (exact) mass is 336 g/mol. The van der Waals surface area contributed by atoms with E-state index in [4.69, 9.17) is 4.74 Å². The molecule has 1 aliphatic heterocycles. The summed E-state index contributed by atoms with van der Waals surface area (Å²) in [7, 11) is 1.70. The summed E-state index contributed by atoms with van der Waals surface area (Å²) in [5.41, 5.74) is 0.662. The summed E-state index contributed by atoms with van der Waals surface area (Å²) >= 11 is 0. The van der Waals surface area contributed by atoms with Gasteiger partial charge < -0.3 is 20.7 Å². The largest absolute Gasteiger partial charge is 0.376 e. The second-order valence-corrected chi connectivity index (χ2v) is 5.67. The Bertz CT molecular complexity index is 559. The molecule has 1 aliphatic rings. The highest BCUT2D eigenvalue weighted by Gasteiger charge is 2.15. The Hall–Kier alpha value is -2.15. The highest BCUT2D eigenvalue weighted by Crippen LogP contribution is 2.10. The third-order valence-electron chi connectivity index (χ3n) is 3.74. The van der Waals surface area contributed by atoms with Gasteiger partial charge in [0.25, 0.3) is 0 Å². The van der Waals surface area contributed by atoms with E-state index in [1.165, 1.54) is 12.1 Å². The van der Waals surface area contributed by atoms with Crippen molar-refractivity contribution in [3.05, 3.63) is 35.6 Å². The number of amides is 1. The highest BCUT2D eigenvalue weighted by atomic mass is 19.1. The van der Waals surface area contributed by atoms with Crippen LogP contribution in [-0.2, 0) is 16.0 Å². The second-order valence-electron chi connectivity index (χ2n) is 5.67. The fourth-order valence-corrected chi connectivity index (χ4v) is 2.51. The van der Waals surface area contributed by atoms with Crippen molar-refractivity contribution in [3.63, 3.8) is 0 Å². The molecule has 7 heteroatoms. The van der Waals surface area contributed by atoms with Crippen molar-refractivity contribution < 1.29 is 13.9 Å². The van der Waals surface area contributed by atoms with Crippen LogP contribution in [-0.4, -0.2) is 51.3 Å². The zero-order valence-corrected chi connectivity index (χ0v) is 14.0. The number of nitrogens with one attached hydrogen (secondary N) is 3. The van der Waals surface area contributed by atoms with Crippen LogP contribution in [0.1, 0.15) is 18.4 Å². The molecule has 0 spiro atoms. The number of ether oxygens (including phenoxy) is 1. The van der Waals surface area contributed by atoms with E-state index in [0.717, 1.165) is 26.0 Å². The van der Waals surface area contributed by atoms with Gasteiger partial charge in [0, 0.05) is 33.3 Å². The highest BCUT2D eigenvalue weighted by molar-refractivity contribution is 5.80. The lowest BCUT2D eigenvalue weighted by atomic mass is 10.1. The van der Waals surface area contributed by atoms with Crippen LogP contribution in [0.15, 0.2) is 29.3 Å². The van der Waals surface area contributed by atoms with Crippen molar-refractivity contribution in [3.8, 4) is 0 Å². The fraction of sp³-hybridized carbons (Fsp3) is 0.529. The number of nitrogens with zero attached hydrogens (tertiary/aromatic N) is 1. The number of hydrogen-bond donors (Lipinski definition) is 3. The quantitative estimate of drug-likeness (QED) is 0.392. The molecule has 1 aromatic carbocycles. The van der Waals surface area contributed by atoms with Gasteiger partial charge in [-0.25, -0.2) is 4.39 Å². The summed E-state index contributed by atoms with van der Waals surface area (Å²) in [5, 5.41) is 9.13. The summed E-state index contributed by atoms with van der Waals surface area (Å²) < 4.78 is 18.6. The molecule has 0 aromatic heterocycles. The molecule has 1 amide bonds.